The monoisotopic (exact) mass is 242 g/mol. The van der Waals surface area contributed by atoms with E-state index in [0.717, 1.165) is 12.1 Å². The zero-order valence-electron chi connectivity index (χ0n) is 11.1. The average molecular weight is 242 g/mol. The van der Waals surface area contributed by atoms with E-state index in [4.69, 9.17) is 11.5 Å². The summed E-state index contributed by atoms with van der Waals surface area (Å²) in [7, 11) is 0. The molecule has 2 heteroatoms. The summed E-state index contributed by atoms with van der Waals surface area (Å²) in [6, 6.07) is 6.55. The van der Waals surface area contributed by atoms with E-state index in [1.54, 1.807) is 5.56 Å². The van der Waals surface area contributed by atoms with Crippen LogP contribution in [0.1, 0.15) is 62.0 Å². The second-order valence-corrected chi connectivity index (χ2v) is 7.45. The fourth-order valence-electron chi connectivity index (χ4n) is 5.38. The van der Waals surface area contributed by atoms with Crippen LogP contribution in [0.15, 0.2) is 18.2 Å². The first-order valence-electron chi connectivity index (χ1n) is 7.15. The SMILES string of the molecule is CC12CC3CC(N)(CC(C1)c1cc(N)ccc13)C2. The maximum absolute atomic E-state index is 6.69. The molecule has 18 heavy (non-hydrogen) atoms. The molecule has 4 bridgehead atoms. The predicted molar refractivity (Wildman–Crippen MR) is 74.4 cm³/mol. The first-order valence-corrected chi connectivity index (χ1v) is 7.15. The van der Waals surface area contributed by atoms with Crippen molar-refractivity contribution in [3.8, 4) is 0 Å². The molecule has 1 aromatic rings. The van der Waals surface area contributed by atoms with Crippen LogP contribution in [0.2, 0.25) is 0 Å². The van der Waals surface area contributed by atoms with Gasteiger partial charge < -0.3 is 11.5 Å². The van der Waals surface area contributed by atoms with Crippen LogP contribution < -0.4 is 11.5 Å². The molecule has 0 spiro atoms. The molecule has 0 aromatic heterocycles. The van der Waals surface area contributed by atoms with Gasteiger partial charge in [0.1, 0.15) is 0 Å². The largest absolute Gasteiger partial charge is 0.399 e. The molecule has 0 aliphatic heterocycles. The summed E-state index contributed by atoms with van der Waals surface area (Å²) in [6.45, 7) is 2.45. The molecule has 4 aliphatic rings. The molecule has 0 radical (unpaired) electrons. The van der Waals surface area contributed by atoms with Crippen molar-refractivity contribution in [2.75, 3.05) is 5.73 Å². The zero-order chi connectivity index (χ0) is 12.5. The molecule has 4 N–H and O–H groups in total. The third-order valence-corrected chi connectivity index (χ3v) is 5.55. The van der Waals surface area contributed by atoms with Gasteiger partial charge in [0.15, 0.2) is 0 Å². The summed E-state index contributed by atoms with van der Waals surface area (Å²) in [4.78, 5) is 0. The van der Waals surface area contributed by atoms with Crippen molar-refractivity contribution >= 4 is 5.69 Å². The third kappa shape index (κ3) is 1.38. The lowest BCUT2D eigenvalue weighted by Gasteiger charge is -2.52. The number of rotatable bonds is 0. The van der Waals surface area contributed by atoms with Gasteiger partial charge in [-0.25, -0.2) is 0 Å². The highest BCUT2D eigenvalue weighted by atomic mass is 14.8. The Morgan fingerprint density at radius 2 is 1.72 bits per heavy atom. The summed E-state index contributed by atoms with van der Waals surface area (Å²) in [5.41, 5.74) is 17.2. The lowest BCUT2D eigenvalue weighted by atomic mass is 9.56. The fourth-order valence-corrected chi connectivity index (χ4v) is 5.38. The first-order chi connectivity index (χ1) is 8.46. The van der Waals surface area contributed by atoms with Crippen LogP contribution in [0.25, 0.3) is 0 Å². The van der Waals surface area contributed by atoms with Gasteiger partial charge in [0.25, 0.3) is 0 Å². The van der Waals surface area contributed by atoms with Crippen LogP contribution in [0.3, 0.4) is 0 Å². The lowest BCUT2D eigenvalue weighted by Crippen LogP contribution is -2.52. The van der Waals surface area contributed by atoms with Gasteiger partial charge in [-0.3, -0.25) is 0 Å². The molecule has 0 heterocycles. The van der Waals surface area contributed by atoms with Crippen molar-refractivity contribution in [3.05, 3.63) is 29.3 Å². The van der Waals surface area contributed by atoms with Gasteiger partial charge in [-0.15, -0.1) is 0 Å². The summed E-state index contributed by atoms with van der Waals surface area (Å²) < 4.78 is 0. The molecule has 2 fully saturated rings. The summed E-state index contributed by atoms with van der Waals surface area (Å²) in [5, 5.41) is 0. The topological polar surface area (TPSA) is 52.0 Å². The minimum atomic E-state index is 0.0777. The highest BCUT2D eigenvalue weighted by Crippen LogP contribution is 2.62. The predicted octanol–water partition coefficient (Wildman–Crippen LogP) is 3.13. The molecule has 0 saturated heterocycles. The molecule has 5 rings (SSSR count). The Bertz CT molecular complexity index is 504. The Labute approximate surface area is 109 Å². The Balaban J connectivity index is 1.93. The highest BCUT2D eigenvalue weighted by molar-refractivity contribution is 5.49. The highest BCUT2D eigenvalue weighted by Gasteiger charge is 2.53. The van der Waals surface area contributed by atoms with Crippen LogP contribution in [0.4, 0.5) is 5.69 Å². The fraction of sp³-hybridized carbons (Fsp3) is 0.625. The van der Waals surface area contributed by atoms with Crippen molar-refractivity contribution < 1.29 is 0 Å². The summed E-state index contributed by atoms with van der Waals surface area (Å²) in [5.74, 6) is 1.30. The van der Waals surface area contributed by atoms with E-state index in [2.05, 4.69) is 25.1 Å². The number of hydrogen-bond acceptors (Lipinski definition) is 2. The molecular weight excluding hydrogens is 220 g/mol. The van der Waals surface area contributed by atoms with Gasteiger partial charge in [0.2, 0.25) is 0 Å². The Morgan fingerprint density at radius 1 is 1.06 bits per heavy atom. The first kappa shape index (κ1) is 10.9. The normalized spacial score (nSPS) is 44.8. The van der Waals surface area contributed by atoms with Crippen molar-refractivity contribution in [1.82, 2.24) is 0 Å². The van der Waals surface area contributed by atoms with Gasteiger partial charge in [0, 0.05) is 11.2 Å². The molecule has 4 atom stereocenters. The van der Waals surface area contributed by atoms with E-state index in [0.29, 0.717) is 17.3 Å². The van der Waals surface area contributed by atoms with Gasteiger partial charge in [0.05, 0.1) is 0 Å². The Kier molecular flexibility index (Phi) is 1.87. The molecule has 4 aliphatic carbocycles. The zero-order valence-corrected chi connectivity index (χ0v) is 11.1. The standard InChI is InChI=1S/C16H22N2/c1-15-5-10-7-16(18,9-15)8-11(6-15)14-4-12(17)2-3-13(10)14/h2-4,10-11H,5-9,17-18H2,1H3. The Hall–Kier alpha value is -1.02. The number of hydrogen-bond donors (Lipinski definition) is 2. The van der Waals surface area contributed by atoms with Crippen LogP contribution >= 0.6 is 0 Å². The van der Waals surface area contributed by atoms with Gasteiger partial charge in [-0.1, -0.05) is 13.0 Å². The second kappa shape index (κ2) is 3.11. The van der Waals surface area contributed by atoms with Crippen molar-refractivity contribution in [2.24, 2.45) is 11.1 Å². The number of benzene rings is 1. The van der Waals surface area contributed by atoms with E-state index in [-0.39, 0.29) is 5.54 Å². The summed E-state index contributed by atoms with van der Waals surface area (Å²) in [6.07, 6.45) is 6.18. The third-order valence-electron chi connectivity index (χ3n) is 5.55. The maximum atomic E-state index is 6.69. The number of anilines is 1. The van der Waals surface area contributed by atoms with Crippen molar-refractivity contribution in [3.63, 3.8) is 0 Å². The molecule has 2 nitrogen and oxygen atoms in total. The smallest absolute Gasteiger partial charge is 0.0317 e. The van der Waals surface area contributed by atoms with E-state index >= 15 is 0 Å². The molecular formula is C16H22N2. The number of nitrogen functional groups attached to an aromatic ring is 1. The summed E-state index contributed by atoms with van der Waals surface area (Å²) >= 11 is 0. The molecule has 96 valence electrons. The quantitative estimate of drug-likeness (QED) is 0.687. The van der Waals surface area contributed by atoms with Crippen LogP contribution in [0.5, 0.6) is 0 Å². The van der Waals surface area contributed by atoms with Gasteiger partial charge in [-0.05, 0) is 72.6 Å². The minimum Gasteiger partial charge on any atom is -0.399 e. The van der Waals surface area contributed by atoms with E-state index in [1.807, 2.05) is 0 Å². The molecule has 2 saturated carbocycles. The molecule has 0 amide bonds. The van der Waals surface area contributed by atoms with Gasteiger partial charge in [-0.2, -0.15) is 0 Å². The maximum Gasteiger partial charge on any atom is 0.0317 e. The van der Waals surface area contributed by atoms with Crippen molar-refractivity contribution in [2.45, 2.75) is 56.4 Å². The molecule has 1 aromatic carbocycles. The van der Waals surface area contributed by atoms with Crippen LogP contribution in [-0.2, 0) is 0 Å². The molecule has 4 unspecified atom stereocenters. The van der Waals surface area contributed by atoms with E-state index in [1.165, 1.54) is 31.2 Å². The van der Waals surface area contributed by atoms with Crippen LogP contribution in [0, 0.1) is 5.41 Å². The second-order valence-electron chi connectivity index (χ2n) is 7.45. The van der Waals surface area contributed by atoms with Crippen molar-refractivity contribution in [1.29, 1.82) is 0 Å². The Morgan fingerprint density at radius 3 is 2.39 bits per heavy atom. The van der Waals surface area contributed by atoms with Gasteiger partial charge >= 0.3 is 0 Å². The number of nitrogens with two attached hydrogens (primary N) is 2. The minimum absolute atomic E-state index is 0.0777. The lowest BCUT2D eigenvalue weighted by molar-refractivity contribution is 0.0544. The average Bonchev–Trinajstić information content (AvgIpc) is 2.36. The van der Waals surface area contributed by atoms with E-state index < -0.39 is 0 Å². The van der Waals surface area contributed by atoms with E-state index in [9.17, 15) is 0 Å². The van der Waals surface area contributed by atoms with Crippen LogP contribution in [-0.4, -0.2) is 5.54 Å².